The molecule has 0 unspecified atom stereocenters. The van der Waals surface area contributed by atoms with E-state index >= 15 is 0 Å². The van der Waals surface area contributed by atoms with E-state index in [9.17, 15) is 9.59 Å². The molecule has 244 valence electrons. The minimum absolute atomic E-state index is 0.0663. The van der Waals surface area contributed by atoms with E-state index in [1.165, 1.54) is 11.1 Å². The van der Waals surface area contributed by atoms with Gasteiger partial charge >= 0.3 is 5.97 Å². The second-order valence-corrected chi connectivity index (χ2v) is 13.2. The van der Waals surface area contributed by atoms with Gasteiger partial charge in [-0.3, -0.25) is 9.59 Å². The summed E-state index contributed by atoms with van der Waals surface area (Å²) in [6, 6.07) is 32.7. The Balaban J connectivity index is 1.42. The van der Waals surface area contributed by atoms with Crippen molar-refractivity contribution in [2.75, 3.05) is 6.61 Å². The summed E-state index contributed by atoms with van der Waals surface area (Å²) in [5.41, 5.74) is 7.78. The lowest BCUT2D eigenvalue weighted by atomic mass is 9.95. The lowest BCUT2D eigenvalue weighted by Gasteiger charge is -2.21. The number of ketones is 1. The smallest absolute Gasteiger partial charge is 0.305 e. The molecule has 5 nitrogen and oxygen atoms in total. The van der Waals surface area contributed by atoms with E-state index in [4.69, 9.17) is 9.47 Å². The Kier molecular flexibility index (Phi) is 11.3. The fraction of sp³-hybridized carbons (Fsp3) is 0.333. The normalized spacial score (nSPS) is 11.5. The number of aromatic nitrogens is 1. The largest absolute Gasteiger partial charge is 0.481 e. The Bertz CT molecular complexity index is 1730. The molecule has 0 saturated heterocycles. The average Bonchev–Trinajstić information content (AvgIpc) is 3.42. The van der Waals surface area contributed by atoms with Crippen molar-refractivity contribution in [3.05, 3.63) is 142 Å². The highest BCUT2D eigenvalue weighted by Crippen LogP contribution is 2.31. The number of pyridine rings is 1. The van der Waals surface area contributed by atoms with Crippen molar-refractivity contribution < 1.29 is 19.1 Å². The van der Waals surface area contributed by atoms with Gasteiger partial charge in [0.25, 0.3) is 0 Å². The zero-order valence-corrected chi connectivity index (χ0v) is 28.4. The second kappa shape index (κ2) is 15.8. The summed E-state index contributed by atoms with van der Waals surface area (Å²) >= 11 is 0. The van der Waals surface area contributed by atoms with Gasteiger partial charge in [0.1, 0.15) is 11.9 Å². The average molecular weight is 630 g/mol. The highest BCUT2D eigenvalue weighted by atomic mass is 16.5. The van der Waals surface area contributed by atoms with Crippen molar-refractivity contribution in [3.8, 4) is 5.75 Å². The van der Waals surface area contributed by atoms with Crippen LogP contribution < -0.4 is 4.74 Å². The molecule has 0 radical (unpaired) electrons. The molecule has 0 atom stereocenters. The minimum atomic E-state index is -0.331. The number of benzene rings is 3. The van der Waals surface area contributed by atoms with Crippen LogP contribution in [0.1, 0.15) is 97.4 Å². The summed E-state index contributed by atoms with van der Waals surface area (Å²) in [5, 5.41) is 0. The van der Waals surface area contributed by atoms with Gasteiger partial charge in [-0.2, -0.15) is 0 Å². The van der Waals surface area contributed by atoms with Crippen molar-refractivity contribution in [2.45, 2.75) is 72.8 Å². The van der Waals surface area contributed by atoms with Gasteiger partial charge in [0.2, 0.25) is 0 Å². The van der Waals surface area contributed by atoms with Gasteiger partial charge in [0.15, 0.2) is 5.78 Å². The number of rotatable bonds is 15. The van der Waals surface area contributed by atoms with Crippen molar-refractivity contribution >= 4 is 17.3 Å². The molecule has 5 rings (SSSR count). The molecule has 0 fully saturated rings. The van der Waals surface area contributed by atoms with Crippen molar-refractivity contribution in [1.29, 1.82) is 0 Å². The van der Waals surface area contributed by atoms with E-state index in [-0.39, 0.29) is 17.9 Å². The topological polar surface area (TPSA) is 57.0 Å². The summed E-state index contributed by atoms with van der Waals surface area (Å²) in [6.45, 7) is 11.1. The molecule has 0 amide bonds. The van der Waals surface area contributed by atoms with Crippen LogP contribution in [0.2, 0.25) is 0 Å². The van der Waals surface area contributed by atoms with Crippen LogP contribution in [-0.2, 0) is 28.8 Å². The fourth-order valence-electron chi connectivity index (χ4n) is 6.18. The van der Waals surface area contributed by atoms with Gasteiger partial charge in [-0.25, -0.2) is 0 Å². The fourth-order valence-corrected chi connectivity index (χ4v) is 6.18. The molecule has 5 heteroatoms. The van der Waals surface area contributed by atoms with Crippen molar-refractivity contribution in [2.24, 2.45) is 11.8 Å². The van der Waals surface area contributed by atoms with Crippen molar-refractivity contribution in [1.82, 2.24) is 4.40 Å². The summed E-state index contributed by atoms with van der Waals surface area (Å²) < 4.78 is 13.9. The molecule has 0 aliphatic heterocycles. The number of fused-ring (bicyclic) bond motifs is 1. The maximum atomic E-state index is 14.0. The number of carbonyl (C=O) groups excluding carboxylic acids is 2. The first-order chi connectivity index (χ1) is 22.7. The van der Waals surface area contributed by atoms with Gasteiger partial charge < -0.3 is 13.9 Å². The predicted octanol–water partition coefficient (Wildman–Crippen LogP) is 9.62. The van der Waals surface area contributed by atoms with Gasteiger partial charge in [-0.15, -0.1) is 0 Å². The Hall–Kier alpha value is -4.64. The molecule has 0 bridgehead atoms. The maximum absolute atomic E-state index is 14.0. The van der Waals surface area contributed by atoms with Crippen LogP contribution in [0.5, 0.6) is 5.75 Å². The Morgan fingerprint density at radius 1 is 0.745 bits per heavy atom. The molecular weight excluding hydrogens is 582 g/mol. The third-order valence-corrected chi connectivity index (χ3v) is 8.32. The highest BCUT2D eigenvalue weighted by Gasteiger charge is 2.20. The molecule has 0 aliphatic rings. The van der Waals surface area contributed by atoms with Gasteiger partial charge in [-0.1, -0.05) is 94.4 Å². The second-order valence-electron chi connectivity index (χ2n) is 13.2. The number of esters is 1. The first kappa shape index (κ1) is 33.7. The monoisotopic (exact) mass is 629 g/mol. The lowest BCUT2D eigenvalue weighted by Crippen LogP contribution is -2.11. The number of aryl methyl sites for hydroxylation is 1. The summed E-state index contributed by atoms with van der Waals surface area (Å²) in [5.74, 6) is 1.54. The molecule has 0 spiro atoms. The van der Waals surface area contributed by atoms with Crippen LogP contribution in [0.15, 0.2) is 103 Å². The standard InChI is InChI=1S/C42H47NO4/c1-6-46-40(44)15-10-12-36-28-38(39-14-7-8-24-43(36)39)41(45)35-11-9-13-37(27-35)47-42(33-20-16-31(17-21-33)25-29(2)3)34-22-18-32(19-23-34)26-30(4)5/h7-9,11,13-14,16-24,27-30,42H,6,10,12,15,25-26H2,1-5H3. The number of hydrogen-bond acceptors (Lipinski definition) is 4. The van der Waals surface area contributed by atoms with Gasteiger partial charge in [0, 0.05) is 29.4 Å². The van der Waals surface area contributed by atoms with Crippen LogP contribution in [0.4, 0.5) is 0 Å². The molecular formula is C42H47NO4. The minimum Gasteiger partial charge on any atom is -0.481 e. The van der Waals surface area contributed by atoms with Crippen LogP contribution in [0.3, 0.4) is 0 Å². The Morgan fingerprint density at radius 3 is 1.98 bits per heavy atom. The van der Waals surface area contributed by atoms with Gasteiger partial charge in [0.05, 0.1) is 12.1 Å². The van der Waals surface area contributed by atoms with Gasteiger partial charge in [-0.05, 0) is 97.0 Å². The lowest BCUT2D eigenvalue weighted by molar-refractivity contribution is -0.143. The van der Waals surface area contributed by atoms with Crippen LogP contribution in [0.25, 0.3) is 5.52 Å². The molecule has 3 aromatic carbocycles. The van der Waals surface area contributed by atoms with E-state index in [2.05, 4.69) is 76.2 Å². The Morgan fingerprint density at radius 2 is 1.38 bits per heavy atom. The first-order valence-electron chi connectivity index (χ1n) is 17.0. The SMILES string of the molecule is CCOC(=O)CCCc1cc(C(=O)c2cccc(OC(c3ccc(CC(C)C)cc3)c3ccc(CC(C)C)cc3)c2)c2ccccn12. The molecule has 0 aliphatic carbocycles. The number of carbonyl (C=O) groups is 2. The van der Waals surface area contributed by atoms with E-state index in [1.54, 1.807) is 0 Å². The van der Waals surface area contributed by atoms with E-state index in [0.717, 1.165) is 35.2 Å². The molecule has 2 heterocycles. The third-order valence-electron chi connectivity index (χ3n) is 8.32. The van der Waals surface area contributed by atoms with E-state index in [0.29, 0.717) is 54.6 Å². The molecule has 0 saturated carbocycles. The van der Waals surface area contributed by atoms with Crippen LogP contribution >= 0.6 is 0 Å². The predicted molar refractivity (Wildman–Crippen MR) is 189 cm³/mol. The third kappa shape index (κ3) is 8.79. The number of hydrogen-bond donors (Lipinski definition) is 0. The molecule has 47 heavy (non-hydrogen) atoms. The molecule has 0 N–H and O–H groups in total. The molecule has 2 aromatic heterocycles. The number of nitrogens with zero attached hydrogens (tertiary/aromatic N) is 1. The number of ether oxygens (including phenoxy) is 2. The summed E-state index contributed by atoms with van der Waals surface area (Å²) in [7, 11) is 0. The van der Waals surface area contributed by atoms with Crippen LogP contribution in [0, 0.1) is 11.8 Å². The van der Waals surface area contributed by atoms with E-state index in [1.807, 2.05) is 66.1 Å². The summed E-state index contributed by atoms with van der Waals surface area (Å²) in [6.07, 6.45) is 5.35. The zero-order valence-electron chi connectivity index (χ0n) is 28.4. The Labute approximate surface area is 279 Å². The quantitative estimate of drug-likeness (QED) is 0.0855. The molecule has 5 aromatic rings. The zero-order chi connectivity index (χ0) is 33.3. The maximum Gasteiger partial charge on any atom is 0.305 e. The van der Waals surface area contributed by atoms with E-state index < -0.39 is 0 Å². The van der Waals surface area contributed by atoms with Crippen LogP contribution in [-0.4, -0.2) is 22.8 Å². The first-order valence-corrected chi connectivity index (χ1v) is 17.0. The highest BCUT2D eigenvalue weighted by molar-refractivity contribution is 6.13. The summed E-state index contributed by atoms with van der Waals surface area (Å²) in [4.78, 5) is 25.9. The van der Waals surface area contributed by atoms with Crippen molar-refractivity contribution in [3.63, 3.8) is 0 Å².